The Hall–Kier alpha value is -1.92. The number of hydrogen-bond acceptors (Lipinski definition) is 4. The Labute approximate surface area is 167 Å². The maximum absolute atomic E-state index is 12.9. The van der Waals surface area contributed by atoms with Crippen LogP contribution in [0.4, 0.5) is 0 Å². The van der Waals surface area contributed by atoms with Crippen molar-refractivity contribution in [2.75, 3.05) is 13.7 Å². The highest BCUT2D eigenvalue weighted by atomic mass is 16.5. The molecule has 6 heteroatoms. The maximum Gasteiger partial charge on any atom is 0.312 e. The molecule has 1 aliphatic heterocycles. The lowest BCUT2D eigenvalue weighted by Crippen LogP contribution is -2.73. The molecule has 0 saturated carbocycles. The number of carboxylic acid groups (broad SMARTS) is 2. The molecule has 28 heavy (non-hydrogen) atoms. The predicted octanol–water partition coefficient (Wildman–Crippen LogP) is 3.29. The Balaban J connectivity index is 2.92. The standard InChI is InChI=1S/C22H33NO5/c1-13-8-10-15(11-9-13)17-21(6,18(24)25)16(12-28-7)23-14(2)22(17,19(26)27)20(3,4)5/h8-11,14,16-17,23H,12H2,1-7H3,(H,24,25)(H,26,27). The molecule has 0 aliphatic carbocycles. The summed E-state index contributed by atoms with van der Waals surface area (Å²) in [7, 11) is 1.53. The van der Waals surface area contributed by atoms with Gasteiger partial charge in [0.05, 0.1) is 17.4 Å². The highest BCUT2D eigenvalue weighted by Crippen LogP contribution is 2.62. The molecule has 1 aliphatic rings. The van der Waals surface area contributed by atoms with Crippen LogP contribution < -0.4 is 5.32 Å². The number of hydrogen-bond donors (Lipinski definition) is 3. The van der Waals surface area contributed by atoms with Crippen LogP contribution in [0.25, 0.3) is 0 Å². The number of methoxy groups -OCH3 is 1. The van der Waals surface area contributed by atoms with E-state index in [0.29, 0.717) is 0 Å². The van der Waals surface area contributed by atoms with Crippen molar-refractivity contribution in [2.45, 2.75) is 59.5 Å². The molecule has 1 fully saturated rings. The number of ether oxygens (including phenoxy) is 1. The number of aliphatic carboxylic acids is 2. The zero-order valence-corrected chi connectivity index (χ0v) is 17.9. The third-order valence-corrected chi connectivity index (χ3v) is 6.71. The van der Waals surface area contributed by atoms with Crippen LogP contribution in [0, 0.1) is 23.2 Å². The molecule has 1 saturated heterocycles. The summed E-state index contributed by atoms with van der Waals surface area (Å²) >= 11 is 0. The maximum atomic E-state index is 12.9. The van der Waals surface area contributed by atoms with Gasteiger partial charge in [-0.25, -0.2) is 0 Å². The van der Waals surface area contributed by atoms with E-state index in [4.69, 9.17) is 4.74 Å². The number of carbonyl (C=O) groups is 2. The second-order valence-electron chi connectivity index (χ2n) is 9.25. The van der Waals surface area contributed by atoms with Gasteiger partial charge in [-0.15, -0.1) is 0 Å². The molecule has 1 aromatic rings. The molecule has 0 aromatic heterocycles. The van der Waals surface area contributed by atoms with E-state index in [0.717, 1.165) is 11.1 Å². The number of rotatable bonds is 5. The molecule has 6 nitrogen and oxygen atoms in total. The Kier molecular flexibility index (Phi) is 5.98. The van der Waals surface area contributed by atoms with Crippen molar-refractivity contribution in [3.05, 3.63) is 35.4 Å². The first kappa shape index (κ1) is 22.4. The van der Waals surface area contributed by atoms with Gasteiger partial charge >= 0.3 is 11.9 Å². The molecular formula is C22H33NO5. The van der Waals surface area contributed by atoms with Crippen molar-refractivity contribution in [2.24, 2.45) is 16.2 Å². The minimum atomic E-state index is -1.39. The largest absolute Gasteiger partial charge is 0.481 e. The van der Waals surface area contributed by atoms with Crippen molar-refractivity contribution >= 4 is 11.9 Å². The van der Waals surface area contributed by atoms with Gasteiger partial charge in [-0.2, -0.15) is 0 Å². The van der Waals surface area contributed by atoms with Crippen molar-refractivity contribution in [3.63, 3.8) is 0 Å². The van der Waals surface area contributed by atoms with Gasteiger partial charge < -0.3 is 20.3 Å². The SMILES string of the molecule is COCC1NC(C)C(C(=O)O)(C(C)(C)C)C(c2ccc(C)cc2)C1(C)C(=O)O. The van der Waals surface area contributed by atoms with E-state index in [1.807, 2.05) is 58.9 Å². The molecule has 0 spiro atoms. The van der Waals surface area contributed by atoms with Crippen molar-refractivity contribution in [1.82, 2.24) is 5.32 Å². The van der Waals surface area contributed by atoms with E-state index in [-0.39, 0.29) is 6.61 Å². The van der Waals surface area contributed by atoms with Crippen LogP contribution >= 0.6 is 0 Å². The van der Waals surface area contributed by atoms with Gasteiger partial charge in [0.15, 0.2) is 0 Å². The average molecular weight is 392 g/mol. The fourth-order valence-electron chi connectivity index (χ4n) is 5.27. The first-order chi connectivity index (χ1) is 12.8. The van der Waals surface area contributed by atoms with Gasteiger partial charge in [0.1, 0.15) is 0 Å². The fraction of sp³-hybridized carbons (Fsp3) is 0.636. The molecule has 156 valence electrons. The fourth-order valence-corrected chi connectivity index (χ4v) is 5.27. The molecular weight excluding hydrogens is 358 g/mol. The zero-order chi connectivity index (χ0) is 21.5. The highest BCUT2D eigenvalue weighted by molar-refractivity contribution is 5.84. The van der Waals surface area contributed by atoms with Crippen molar-refractivity contribution in [3.8, 4) is 0 Å². The summed E-state index contributed by atoms with van der Waals surface area (Å²) in [6.45, 7) is 11.2. The molecule has 1 heterocycles. The lowest BCUT2D eigenvalue weighted by atomic mass is 9.45. The molecule has 0 amide bonds. The molecule has 2 rings (SSSR count). The average Bonchev–Trinajstić information content (AvgIpc) is 2.57. The van der Waals surface area contributed by atoms with Gasteiger partial charge in [-0.1, -0.05) is 50.6 Å². The van der Waals surface area contributed by atoms with E-state index in [1.54, 1.807) is 6.92 Å². The Morgan fingerprint density at radius 1 is 1.14 bits per heavy atom. The van der Waals surface area contributed by atoms with Crippen LogP contribution in [-0.4, -0.2) is 48.0 Å². The van der Waals surface area contributed by atoms with Gasteiger partial charge in [-0.3, -0.25) is 9.59 Å². The van der Waals surface area contributed by atoms with Gasteiger partial charge in [-0.05, 0) is 31.7 Å². The number of piperidine rings is 1. The summed E-state index contributed by atoms with van der Waals surface area (Å²) in [6, 6.07) is 6.55. The summed E-state index contributed by atoms with van der Waals surface area (Å²) in [5, 5.41) is 24.2. The first-order valence-electron chi connectivity index (χ1n) is 9.63. The Bertz CT molecular complexity index is 738. The minimum Gasteiger partial charge on any atom is -0.481 e. The topological polar surface area (TPSA) is 95.9 Å². The van der Waals surface area contributed by atoms with Crippen LogP contribution in [0.15, 0.2) is 24.3 Å². The lowest BCUT2D eigenvalue weighted by molar-refractivity contribution is -0.185. The molecule has 5 atom stereocenters. The van der Waals surface area contributed by atoms with Crippen LogP contribution in [-0.2, 0) is 14.3 Å². The van der Waals surface area contributed by atoms with Crippen LogP contribution in [0.1, 0.15) is 51.7 Å². The summed E-state index contributed by atoms with van der Waals surface area (Å²) < 4.78 is 5.32. The third-order valence-electron chi connectivity index (χ3n) is 6.71. The van der Waals surface area contributed by atoms with Crippen LogP contribution in [0.5, 0.6) is 0 Å². The molecule has 0 radical (unpaired) electrons. The summed E-state index contributed by atoms with van der Waals surface area (Å²) in [6.07, 6.45) is 0. The molecule has 0 bridgehead atoms. The summed E-state index contributed by atoms with van der Waals surface area (Å²) in [5.41, 5.74) is -1.69. The van der Waals surface area contributed by atoms with E-state index in [1.165, 1.54) is 7.11 Å². The van der Waals surface area contributed by atoms with E-state index in [9.17, 15) is 19.8 Å². The monoisotopic (exact) mass is 391 g/mol. The molecule has 5 unspecified atom stereocenters. The van der Waals surface area contributed by atoms with E-state index >= 15 is 0 Å². The summed E-state index contributed by atoms with van der Waals surface area (Å²) in [4.78, 5) is 25.6. The van der Waals surface area contributed by atoms with Gasteiger partial charge in [0.25, 0.3) is 0 Å². The van der Waals surface area contributed by atoms with Crippen LogP contribution in [0.2, 0.25) is 0 Å². The second kappa shape index (κ2) is 7.48. The van der Waals surface area contributed by atoms with Crippen LogP contribution in [0.3, 0.4) is 0 Å². The lowest BCUT2D eigenvalue weighted by Gasteiger charge is -2.61. The number of aryl methyl sites for hydroxylation is 1. The third kappa shape index (κ3) is 3.12. The van der Waals surface area contributed by atoms with Crippen molar-refractivity contribution in [1.29, 1.82) is 0 Å². The second-order valence-corrected chi connectivity index (χ2v) is 9.25. The smallest absolute Gasteiger partial charge is 0.312 e. The molecule has 1 aromatic carbocycles. The predicted molar refractivity (Wildman–Crippen MR) is 107 cm³/mol. The van der Waals surface area contributed by atoms with E-state index in [2.05, 4.69) is 5.32 Å². The zero-order valence-electron chi connectivity index (χ0n) is 17.9. The quantitative estimate of drug-likeness (QED) is 0.713. The molecule has 3 N–H and O–H groups in total. The Morgan fingerprint density at radius 3 is 2.07 bits per heavy atom. The number of benzene rings is 1. The van der Waals surface area contributed by atoms with E-state index < -0.39 is 46.2 Å². The van der Waals surface area contributed by atoms with Gasteiger partial charge in [0.2, 0.25) is 0 Å². The number of nitrogens with one attached hydrogen (secondary N) is 1. The summed E-state index contributed by atoms with van der Waals surface area (Å²) in [5.74, 6) is -2.78. The minimum absolute atomic E-state index is 0.176. The first-order valence-corrected chi connectivity index (χ1v) is 9.63. The van der Waals surface area contributed by atoms with Gasteiger partial charge in [0, 0.05) is 25.1 Å². The van der Waals surface area contributed by atoms with Crippen molar-refractivity contribution < 1.29 is 24.5 Å². The number of carboxylic acids is 2. The normalized spacial score (nSPS) is 33.5. The highest BCUT2D eigenvalue weighted by Gasteiger charge is 2.69. The Morgan fingerprint density at radius 2 is 1.68 bits per heavy atom.